The Morgan fingerprint density at radius 3 is 2.56 bits per heavy atom. The van der Waals surface area contributed by atoms with Gasteiger partial charge in [-0.1, -0.05) is 12.1 Å². The molecule has 1 aromatic rings. The van der Waals surface area contributed by atoms with Crippen LogP contribution in [0.25, 0.3) is 0 Å². The zero-order valence-electron chi connectivity index (χ0n) is 10.5. The number of nitrogens with one attached hydrogen (secondary N) is 1. The summed E-state index contributed by atoms with van der Waals surface area (Å²) in [6.45, 7) is 2.45. The smallest absolute Gasteiger partial charge is 0.255 e. The molecule has 1 amide bonds. The first-order chi connectivity index (χ1) is 8.72. The van der Waals surface area contributed by atoms with Crippen LogP contribution >= 0.6 is 0 Å². The number of rotatable bonds is 9. The Labute approximate surface area is 107 Å². The van der Waals surface area contributed by atoms with Crippen molar-refractivity contribution in [3.63, 3.8) is 0 Å². The second kappa shape index (κ2) is 8.49. The number of carbonyl (C=O) groups excluding carboxylic acids is 1. The summed E-state index contributed by atoms with van der Waals surface area (Å²) in [7, 11) is 0. The Hall–Kier alpha value is -1.59. The summed E-state index contributed by atoms with van der Waals surface area (Å²) >= 11 is 0. The molecule has 5 heteroatoms. The van der Waals surface area contributed by atoms with E-state index in [4.69, 9.17) is 16.2 Å². The molecule has 0 aromatic heterocycles. The molecular formula is C13H21N3O2. The van der Waals surface area contributed by atoms with Crippen molar-refractivity contribution in [1.82, 2.24) is 5.32 Å². The van der Waals surface area contributed by atoms with Crippen LogP contribution in [0.1, 0.15) is 18.4 Å². The molecule has 1 aromatic carbocycles. The molecule has 0 atom stereocenters. The Bertz CT molecular complexity index is 352. The van der Waals surface area contributed by atoms with E-state index in [0.29, 0.717) is 5.75 Å². The number of nitrogens with two attached hydrogens (primary N) is 2. The molecule has 5 N–H and O–H groups in total. The van der Waals surface area contributed by atoms with Crippen LogP contribution in [-0.4, -0.2) is 25.6 Å². The van der Waals surface area contributed by atoms with E-state index in [-0.39, 0.29) is 6.61 Å². The third-order valence-electron chi connectivity index (χ3n) is 2.44. The predicted octanol–water partition coefficient (Wildman–Crippen LogP) is 0.379. The van der Waals surface area contributed by atoms with E-state index in [1.807, 2.05) is 24.3 Å². The van der Waals surface area contributed by atoms with Gasteiger partial charge in [-0.25, -0.2) is 0 Å². The van der Waals surface area contributed by atoms with E-state index in [1.165, 1.54) is 5.56 Å². The monoisotopic (exact) mass is 251 g/mol. The van der Waals surface area contributed by atoms with Crippen molar-refractivity contribution in [2.75, 3.05) is 19.7 Å². The van der Waals surface area contributed by atoms with Gasteiger partial charge in [0.15, 0.2) is 6.61 Å². The van der Waals surface area contributed by atoms with Gasteiger partial charge in [-0.15, -0.1) is 0 Å². The molecule has 0 aliphatic rings. The van der Waals surface area contributed by atoms with Crippen molar-refractivity contribution in [2.24, 2.45) is 11.5 Å². The Balaban J connectivity index is 2.25. The SMILES string of the molecule is NCCCCNCc1ccc(OCC(N)=O)cc1. The fourth-order valence-corrected chi connectivity index (χ4v) is 1.49. The minimum absolute atomic E-state index is 0.0866. The van der Waals surface area contributed by atoms with E-state index in [2.05, 4.69) is 5.32 Å². The third-order valence-corrected chi connectivity index (χ3v) is 2.44. The van der Waals surface area contributed by atoms with Crippen molar-refractivity contribution in [3.05, 3.63) is 29.8 Å². The standard InChI is InChI=1S/C13H21N3O2/c14-7-1-2-8-16-9-11-3-5-12(6-4-11)18-10-13(15)17/h3-6,16H,1-2,7-10,14H2,(H2,15,17). The molecule has 0 fully saturated rings. The van der Waals surface area contributed by atoms with Crippen LogP contribution < -0.4 is 21.5 Å². The van der Waals surface area contributed by atoms with E-state index < -0.39 is 5.91 Å². The van der Waals surface area contributed by atoms with E-state index >= 15 is 0 Å². The van der Waals surface area contributed by atoms with Crippen LogP contribution in [0.4, 0.5) is 0 Å². The quantitative estimate of drug-likeness (QED) is 0.553. The van der Waals surface area contributed by atoms with Crippen LogP contribution in [0, 0.1) is 0 Å². The molecule has 0 bridgehead atoms. The van der Waals surface area contributed by atoms with Crippen LogP contribution in [0.3, 0.4) is 0 Å². The van der Waals surface area contributed by atoms with Gasteiger partial charge >= 0.3 is 0 Å². The first-order valence-corrected chi connectivity index (χ1v) is 6.13. The molecule has 0 aliphatic heterocycles. The number of primary amides is 1. The lowest BCUT2D eigenvalue weighted by Gasteiger charge is -2.06. The van der Waals surface area contributed by atoms with Gasteiger partial charge in [-0.05, 0) is 43.6 Å². The van der Waals surface area contributed by atoms with Gasteiger partial charge < -0.3 is 21.5 Å². The van der Waals surface area contributed by atoms with Gasteiger partial charge in [0.05, 0.1) is 0 Å². The van der Waals surface area contributed by atoms with Gasteiger partial charge in [0.2, 0.25) is 0 Å². The molecule has 0 heterocycles. The molecule has 1 rings (SSSR count). The lowest BCUT2D eigenvalue weighted by atomic mass is 10.2. The first-order valence-electron chi connectivity index (χ1n) is 6.13. The second-order valence-electron chi connectivity index (χ2n) is 4.07. The first kappa shape index (κ1) is 14.5. The number of ether oxygens (including phenoxy) is 1. The highest BCUT2D eigenvalue weighted by Gasteiger charge is 1.98. The van der Waals surface area contributed by atoms with Gasteiger partial charge in [0.25, 0.3) is 5.91 Å². The number of amides is 1. The maximum absolute atomic E-state index is 10.5. The number of unbranched alkanes of at least 4 members (excludes halogenated alkanes) is 1. The maximum Gasteiger partial charge on any atom is 0.255 e. The minimum atomic E-state index is -0.472. The zero-order valence-corrected chi connectivity index (χ0v) is 10.5. The van der Waals surface area contributed by atoms with E-state index in [1.54, 1.807) is 0 Å². The van der Waals surface area contributed by atoms with Crippen LogP contribution in [-0.2, 0) is 11.3 Å². The third kappa shape index (κ3) is 6.22. The highest BCUT2D eigenvalue weighted by Crippen LogP contribution is 2.11. The van der Waals surface area contributed by atoms with Crippen LogP contribution in [0.15, 0.2) is 24.3 Å². The van der Waals surface area contributed by atoms with Crippen molar-refractivity contribution in [1.29, 1.82) is 0 Å². The fourth-order valence-electron chi connectivity index (χ4n) is 1.49. The summed E-state index contributed by atoms with van der Waals surface area (Å²) in [5.74, 6) is 0.182. The van der Waals surface area contributed by atoms with Crippen LogP contribution in [0.2, 0.25) is 0 Å². The Kier molecular flexibility index (Phi) is 6.83. The van der Waals surface area contributed by atoms with Crippen molar-refractivity contribution < 1.29 is 9.53 Å². The molecule has 0 unspecified atom stereocenters. The summed E-state index contributed by atoms with van der Waals surface area (Å²) in [6.07, 6.45) is 2.14. The van der Waals surface area contributed by atoms with Gasteiger partial charge in [-0.2, -0.15) is 0 Å². The van der Waals surface area contributed by atoms with Crippen molar-refractivity contribution in [2.45, 2.75) is 19.4 Å². The second-order valence-corrected chi connectivity index (χ2v) is 4.07. The molecule has 0 aliphatic carbocycles. The molecule has 18 heavy (non-hydrogen) atoms. The molecule has 0 saturated carbocycles. The normalized spacial score (nSPS) is 10.3. The average Bonchev–Trinajstić information content (AvgIpc) is 2.37. The zero-order chi connectivity index (χ0) is 13.2. The molecule has 0 spiro atoms. The van der Waals surface area contributed by atoms with Gasteiger partial charge in [-0.3, -0.25) is 4.79 Å². The van der Waals surface area contributed by atoms with Crippen molar-refractivity contribution >= 4 is 5.91 Å². The van der Waals surface area contributed by atoms with Crippen LogP contribution in [0.5, 0.6) is 5.75 Å². The summed E-state index contributed by atoms with van der Waals surface area (Å²) < 4.78 is 5.17. The predicted molar refractivity (Wildman–Crippen MR) is 71.1 cm³/mol. The summed E-state index contributed by atoms with van der Waals surface area (Å²) in [5.41, 5.74) is 11.6. The summed E-state index contributed by atoms with van der Waals surface area (Å²) in [6, 6.07) is 7.60. The highest BCUT2D eigenvalue weighted by atomic mass is 16.5. The number of hydrogen-bond acceptors (Lipinski definition) is 4. The van der Waals surface area contributed by atoms with E-state index in [0.717, 1.165) is 32.5 Å². The van der Waals surface area contributed by atoms with E-state index in [9.17, 15) is 4.79 Å². The molecule has 5 nitrogen and oxygen atoms in total. The molecule has 100 valence electrons. The number of hydrogen-bond donors (Lipinski definition) is 3. The molecule has 0 saturated heterocycles. The van der Waals surface area contributed by atoms with Crippen molar-refractivity contribution in [3.8, 4) is 5.75 Å². The average molecular weight is 251 g/mol. The molecular weight excluding hydrogens is 230 g/mol. The Morgan fingerprint density at radius 1 is 1.22 bits per heavy atom. The fraction of sp³-hybridized carbons (Fsp3) is 0.462. The van der Waals surface area contributed by atoms with Gasteiger partial charge in [0.1, 0.15) is 5.75 Å². The highest BCUT2D eigenvalue weighted by molar-refractivity contribution is 5.75. The number of benzene rings is 1. The Morgan fingerprint density at radius 2 is 1.94 bits per heavy atom. The van der Waals surface area contributed by atoms with Gasteiger partial charge in [0, 0.05) is 6.54 Å². The topological polar surface area (TPSA) is 90.4 Å². The summed E-state index contributed by atoms with van der Waals surface area (Å²) in [4.78, 5) is 10.5. The largest absolute Gasteiger partial charge is 0.484 e. The molecule has 0 radical (unpaired) electrons. The summed E-state index contributed by atoms with van der Waals surface area (Å²) in [5, 5.41) is 3.34. The lowest BCUT2D eigenvalue weighted by Crippen LogP contribution is -2.20. The maximum atomic E-state index is 10.5. The lowest BCUT2D eigenvalue weighted by molar-refractivity contribution is -0.119. The minimum Gasteiger partial charge on any atom is -0.484 e. The number of carbonyl (C=O) groups is 1.